The number of nitrogens with zero attached hydrogens (tertiary/aromatic N) is 1. The first-order valence-electron chi connectivity index (χ1n) is 8.47. The Hall–Kier alpha value is -2.95. The van der Waals surface area contributed by atoms with Crippen LogP contribution in [-0.2, 0) is 13.0 Å². The van der Waals surface area contributed by atoms with Crippen LogP contribution in [-0.4, -0.2) is 24.3 Å². The number of hydrogen-bond acceptors (Lipinski definition) is 2. The normalized spacial score (nSPS) is 10.6. The lowest BCUT2D eigenvalue weighted by Gasteiger charge is -2.07. The van der Waals surface area contributed by atoms with E-state index in [0.717, 1.165) is 40.9 Å². The number of hydrogen-bond donors (Lipinski definition) is 2. The van der Waals surface area contributed by atoms with Gasteiger partial charge in [-0.05, 0) is 37.1 Å². The van der Waals surface area contributed by atoms with Gasteiger partial charge in [-0.2, -0.15) is 0 Å². The van der Waals surface area contributed by atoms with Crippen molar-refractivity contribution in [2.45, 2.75) is 19.9 Å². The molecule has 25 heavy (non-hydrogen) atoms. The van der Waals surface area contributed by atoms with Crippen molar-refractivity contribution in [3.8, 4) is 5.75 Å². The Morgan fingerprint density at radius 2 is 1.88 bits per heavy atom. The summed E-state index contributed by atoms with van der Waals surface area (Å²) in [6.45, 7) is 3.52. The number of methoxy groups -OCH3 is 1. The Kier molecular flexibility index (Phi) is 5.23. The Labute approximate surface area is 147 Å². The van der Waals surface area contributed by atoms with Gasteiger partial charge in [-0.25, -0.2) is 4.79 Å². The molecule has 5 heteroatoms. The number of aromatic nitrogens is 1. The zero-order chi connectivity index (χ0) is 17.6. The Morgan fingerprint density at radius 1 is 1.12 bits per heavy atom. The number of nitrogens with one attached hydrogen (secondary N) is 2. The molecule has 0 spiro atoms. The lowest BCUT2D eigenvalue weighted by atomic mass is 10.1. The maximum Gasteiger partial charge on any atom is 0.319 e. The highest BCUT2D eigenvalue weighted by Crippen LogP contribution is 2.25. The standard InChI is InChI=1S/C20H23N3O2/c1-3-23-14-18(17-6-4-5-7-19(17)23)22-20(24)21-13-12-15-8-10-16(25-2)11-9-15/h4-11,14H,3,12-13H2,1-2H3,(H2,21,22,24). The number of benzene rings is 2. The largest absolute Gasteiger partial charge is 0.497 e. The predicted molar refractivity (Wildman–Crippen MR) is 101 cm³/mol. The van der Waals surface area contributed by atoms with Gasteiger partial charge in [-0.1, -0.05) is 30.3 Å². The van der Waals surface area contributed by atoms with Crippen molar-refractivity contribution in [1.82, 2.24) is 9.88 Å². The highest BCUT2D eigenvalue weighted by molar-refractivity contribution is 6.01. The zero-order valence-corrected chi connectivity index (χ0v) is 14.6. The molecule has 2 amide bonds. The SMILES string of the molecule is CCn1cc(NC(=O)NCCc2ccc(OC)cc2)c2ccccc21. The fraction of sp³-hybridized carbons (Fsp3) is 0.250. The molecule has 0 aliphatic carbocycles. The van der Waals surface area contributed by atoms with E-state index < -0.39 is 0 Å². The van der Waals surface area contributed by atoms with Gasteiger partial charge in [-0.3, -0.25) is 0 Å². The molecule has 130 valence electrons. The first kappa shape index (κ1) is 16.9. The quantitative estimate of drug-likeness (QED) is 0.713. The number of carbonyl (C=O) groups is 1. The van der Waals surface area contributed by atoms with E-state index in [0.29, 0.717) is 6.54 Å². The maximum atomic E-state index is 12.2. The number of urea groups is 1. The van der Waals surface area contributed by atoms with Gasteiger partial charge in [-0.15, -0.1) is 0 Å². The van der Waals surface area contributed by atoms with Crippen LogP contribution in [0.4, 0.5) is 10.5 Å². The number of rotatable bonds is 6. The fourth-order valence-electron chi connectivity index (χ4n) is 2.89. The molecule has 3 aromatic rings. The van der Waals surface area contributed by atoms with Crippen LogP contribution >= 0.6 is 0 Å². The molecule has 2 aromatic carbocycles. The zero-order valence-electron chi connectivity index (χ0n) is 14.6. The van der Waals surface area contributed by atoms with Gasteiger partial charge in [0.05, 0.1) is 18.3 Å². The molecule has 0 aliphatic heterocycles. The predicted octanol–water partition coefficient (Wildman–Crippen LogP) is 4.03. The number of anilines is 1. The van der Waals surface area contributed by atoms with E-state index in [1.54, 1.807) is 7.11 Å². The van der Waals surface area contributed by atoms with Crippen LogP contribution in [0.1, 0.15) is 12.5 Å². The van der Waals surface area contributed by atoms with Crippen LogP contribution in [0, 0.1) is 0 Å². The van der Waals surface area contributed by atoms with Gasteiger partial charge in [0.25, 0.3) is 0 Å². The van der Waals surface area contributed by atoms with E-state index in [4.69, 9.17) is 4.74 Å². The molecular formula is C20H23N3O2. The molecule has 0 aliphatic rings. The minimum Gasteiger partial charge on any atom is -0.497 e. The summed E-state index contributed by atoms with van der Waals surface area (Å²) in [6.07, 6.45) is 2.75. The number of para-hydroxylation sites is 1. The van der Waals surface area contributed by atoms with Crippen molar-refractivity contribution < 1.29 is 9.53 Å². The fourth-order valence-corrected chi connectivity index (χ4v) is 2.89. The number of fused-ring (bicyclic) bond motifs is 1. The third-order valence-corrected chi connectivity index (χ3v) is 4.24. The molecular weight excluding hydrogens is 314 g/mol. The van der Waals surface area contributed by atoms with E-state index in [1.807, 2.05) is 48.7 Å². The molecule has 0 atom stereocenters. The second kappa shape index (κ2) is 7.75. The van der Waals surface area contributed by atoms with E-state index in [9.17, 15) is 4.79 Å². The van der Waals surface area contributed by atoms with Crippen molar-refractivity contribution in [2.24, 2.45) is 0 Å². The summed E-state index contributed by atoms with van der Waals surface area (Å²) in [5.41, 5.74) is 3.11. The van der Waals surface area contributed by atoms with Crippen LogP contribution in [0.5, 0.6) is 5.75 Å². The van der Waals surface area contributed by atoms with E-state index in [-0.39, 0.29) is 6.03 Å². The number of ether oxygens (including phenoxy) is 1. The Bertz CT molecular complexity index is 853. The molecule has 3 rings (SSSR count). The summed E-state index contributed by atoms with van der Waals surface area (Å²) in [7, 11) is 1.65. The van der Waals surface area contributed by atoms with E-state index in [1.165, 1.54) is 0 Å². The molecule has 1 heterocycles. The molecule has 0 unspecified atom stereocenters. The van der Waals surface area contributed by atoms with Gasteiger partial charge >= 0.3 is 6.03 Å². The lowest BCUT2D eigenvalue weighted by Crippen LogP contribution is -2.30. The minimum atomic E-state index is -0.187. The smallest absolute Gasteiger partial charge is 0.319 e. The summed E-state index contributed by atoms with van der Waals surface area (Å²) in [4.78, 5) is 12.2. The van der Waals surface area contributed by atoms with Crippen molar-refractivity contribution >= 4 is 22.6 Å². The minimum absolute atomic E-state index is 0.187. The van der Waals surface area contributed by atoms with Crippen molar-refractivity contribution in [1.29, 1.82) is 0 Å². The molecule has 1 aromatic heterocycles. The molecule has 0 radical (unpaired) electrons. The number of aryl methyl sites for hydroxylation is 1. The summed E-state index contributed by atoms with van der Waals surface area (Å²) in [6, 6.07) is 15.7. The summed E-state index contributed by atoms with van der Waals surface area (Å²) in [5.74, 6) is 0.835. The molecule has 2 N–H and O–H groups in total. The second-order valence-electron chi connectivity index (χ2n) is 5.82. The van der Waals surface area contributed by atoms with Gasteiger partial charge in [0.15, 0.2) is 0 Å². The number of carbonyl (C=O) groups excluding carboxylic acids is 1. The lowest BCUT2D eigenvalue weighted by molar-refractivity contribution is 0.252. The van der Waals surface area contributed by atoms with Crippen LogP contribution in [0.25, 0.3) is 10.9 Å². The topological polar surface area (TPSA) is 55.3 Å². The van der Waals surface area contributed by atoms with Crippen LogP contribution < -0.4 is 15.4 Å². The average Bonchev–Trinajstić information content (AvgIpc) is 3.00. The average molecular weight is 337 g/mol. The molecule has 0 saturated heterocycles. The van der Waals surface area contributed by atoms with Crippen molar-refractivity contribution in [3.63, 3.8) is 0 Å². The Morgan fingerprint density at radius 3 is 2.60 bits per heavy atom. The van der Waals surface area contributed by atoms with Crippen LogP contribution in [0.3, 0.4) is 0 Å². The Balaban J connectivity index is 1.57. The summed E-state index contributed by atoms with van der Waals surface area (Å²) < 4.78 is 7.27. The molecule has 0 saturated carbocycles. The first-order chi connectivity index (χ1) is 12.2. The monoisotopic (exact) mass is 337 g/mol. The molecule has 0 bridgehead atoms. The van der Waals surface area contributed by atoms with Gasteiger partial charge in [0, 0.05) is 24.7 Å². The maximum absolute atomic E-state index is 12.2. The van der Waals surface area contributed by atoms with Gasteiger partial charge < -0.3 is 19.9 Å². The second-order valence-corrected chi connectivity index (χ2v) is 5.82. The van der Waals surface area contributed by atoms with Gasteiger partial charge in [0.2, 0.25) is 0 Å². The van der Waals surface area contributed by atoms with Crippen LogP contribution in [0.2, 0.25) is 0 Å². The third kappa shape index (κ3) is 3.94. The highest BCUT2D eigenvalue weighted by Gasteiger charge is 2.09. The first-order valence-corrected chi connectivity index (χ1v) is 8.47. The van der Waals surface area contributed by atoms with Gasteiger partial charge in [0.1, 0.15) is 5.75 Å². The number of amides is 2. The van der Waals surface area contributed by atoms with E-state index >= 15 is 0 Å². The van der Waals surface area contributed by atoms with E-state index in [2.05, 4.69) is 28.2 Å². The van der Waals surface area contributed by atoms with Crippen LogP contribution in [0.15, 0.2) is 54.7 Å². The van der Waals surface area contributed by atoms with Crippen molar-refractivity contribution in [3.05, 3.63) is 60.3 Å². The third-order valence-electron chi connectivity index (χ3n) is 4.24. The highest BCUT2D eigenvalue weighted by atomic mass is 16.5. The molecule has 0 fully saturated rings. The van der Waals surface area contributed by atoms with Crippen molar-refractivity contribution in [2.75, 3.05) is 19.0 Å². The summed E-state index contributed by atoms with van der Waals surface area (Å²) in [5, 5.41) is 6.91. The summed E-state index contributed by atoms with van der Waals surface area (Å²) >= 11 is 0. The molecule has 5 nitrogen and oxygen atoms in total.